The number of guanidine groups is 1. The third-order valence-electron chi connectivity index (χ3n) is 3.46. The lowest BCUT2D eigenvalue weighted by molar-refractivity contribution is 0.632. The van der Waals surface area contributed by atoms with Gasteiger partial charge in [-0.1, -0.05) is 19.1 Å². The van der Waals surface area contributed by atoms with E-state index in [0.29, 0.717) is 18.5 Å². The van der Waals surface area contributed by atoms with Crippen LogP contribution in [0.2, 0.25) is 0 Å². The molecule has 2 aromatic rings. The standard InChI is InChI=1S/C15H23N5/c1-4-11(2)18-15(16)17-9-10-20-12(3)19-13-7-5-6-8-14(13)20/h5-8,11H,4,9-10H2,1-3H3,(H3,16,17,18). The minimum absolute atomic E-state index is 0.356. The number of fused-ring (bicyclic) bond motifs is 1. The van der Waals surface area contributed by atoms with Crippen molar-refractivity contribution in [3.63, 3.8) is 0 Å². The average Bonchev–Trinajstić information content (AvgIpc) is 2.75. The number of aliphatic imine (C=N–C) groups is 1. The van der Waals surface area contributed by atoms with Gasteiger partial charge >= 0.3 is 0 Å². The van der Waals surface area contributed by atoms with Gasteiger partial charge in [-0.05, 0) is 32.4 Å². The summed E-state index contributed by atoms with van der Waals surface area (Å²) in [7, 11) is 0. The van der Waals surface area contributed by atoms with Gasteiger partial charge in [-0.15, -0.1) is 0 Å². The molecule has 0 saturated carbocycles. The number of hydrogen-bond acceptors (Lipinski definition) is 2. The fourth-order valence-electron chi connectivity index (χ4n) is 2.15. The van der Waals surface area contributed by atoms with Crippen LogP contribution in [0.25, 0.3) is 11.0 Å². The van der Waals surface area contributed by atoms with Gasteiger partial charge in [-0.2, -0.15) is 0 Å². The van der Waals surface area contributed by atoms with E-state index in [0.717, 1.165) is 29.8 Å². The van der Waals surface area contributed by atoms with Gasteiger partial charge in [0.1, 0.15) is 5.82 Å². The van der Waals surface area contributed by atoms with Gasteiger partial charge in [-0.25, -0.2) is 4.98 Å². The molecule has 0 bridgehead atoms. The number of nitrogens with one attached hydrogen (secondary N) is 1. The highest BCUT2D eigenvalue weighted by atomic mass is 15.1. The normalized spacial score (nSPS) is 13.7. The van der Waals surface area contributed by atoms with E-state index in [1.54, 1.807) is 0 Å². The first-order valence-corrected chi connectivity index (χ1v) is 7.10. The van der Waals surface area contributed by atoms with Crippen LogP contribution in [-0.2, 0) is 6.54 Å². The zero-order valence-electron chi connectivity index (χ0n) is 12.4. The maximum atomic E-state index is 5.85. The molecule has 20 heavy (non-hydrogen) atoms. The van der Waals surface area contributed by atoms with E-state index in [1.165, 1.54) is 0 Å². The van der Waals surface area contributed by atoms with Gasteiger partial charge in [0.2, 0.25) is 0 Å². The van der Waals surface area contributed by atoms with E-state index in [-0.39, 0.29) is 0 Å². The SMILES string of the molecule is CCC(C)NC(N)=NCCn1c(C)nc2ccccc21. The molecule has 0 spiro atoms. The Morgan fingerprint density at radius 2 is 2.20 bits per heavy atom. The van der Waals surface area contributed by atoms with Crippen molar-refractivity contribution >= 4 is 17.0 Å². The van der Waals surface area contributed by atoms with E-state index < -0.39 is 0 Å². The van der Waals surface area contributed by atoms with Crippen molar-refractivity contribution in [2.45, 2.75) is 39.8 Å². The number of benzene rings is 1. The number of para-hydroxylation sites is 2. The Morgan fingerprint density at radius 3 is 2.95 bits per heavy atom. The smallest absolute Gasteiger partial charge is 0.188 e. The molecule has 1 heterocycles. The zero-order chi connectivity index (χ0) is 14.5. The highest BCUT2D eigenvalue weighted by Gasteiger charge is 2.05. The molecule has 0 aliphatic carbocycles. The molecular formula is C15H23N5. The molecule has 1 atom stereocenters. The zero-order valence-corrected chi connectivity index (χ0v) is 12.4. The van der Waals surface area contributed by atoms with Crippen LogP contribution in [0.4, 0.5) is 0 Å². The van der Waals surface area contributed by atoms with Gasteiger partial charge in [-0.3, -0.25) is 4.99 Å². The van der Waals surface area contributed by atoms with Crippen LogP contribution in [0.15, 0.2) is 29.3 Å². The van der Waals surface area contributed by atoms with Gasteiger partial charge in [0, 0.05) is 12.6 Å². The lowest BCUT2D eigenvalue weighted by atomic mass is 10.3. The summed E-state index contributed by atoms with van der Waals surface area (Å²) < 4.78 is 2.18. The molecule has 5 nitrogen and oxygen atoms in total. The van der Waals surface area contributed by atoms with Crippen molar-refractivity contribution in [2.75, 3.05) is 6.54 Å². The van der Waals surface area contributed by atoms with E-state index in [9.17, 15) is 0 Å². The molecular weight excluding hydrogens is 250 g/mol. The topological polar surface area (TPSA) is 68.2 Å². The Balaban J connectivity index is 2.03. The molecule has 2 rings (SSSR count). The van der Waals surface area contributed by atoms with Crippen molar-refractivity contribution in [1.29, 1.82) is 0 Å². The fraction of sp³-hybridized carbons (Fsp3) is 0.467. The predicted octanol–water partition coefficient (Wildman–Crippen LogP) is 2.05. The third-order valence-corrected chi connectivity index (χ3v) is 3.46. The molecule has 5 heteroatoms. The fourth-order valence-corrected chi connectivity index (χ4v) is 2.15. The lowest BCUT2D eigenvalue weighted by Crippen LogP contribution is -2.38. The number of aromatic nitrogens is 2. The first kappa shape index (κ1) is 14.4. The average molecular weight is 273 g/mol. The van der Waals surface area contributed by atoms with Crippen molar-refractivity contribution in [2.24, 2.45) is 10.7 Å². The number of nitrogens with two attached hydrogens (primary N) is 1. The minimum atomic E-state index is 0.356. The molecule has 1 unspecified atom stereocenters. The predicted molar refractivity (Wildman–Crippen MR) is 83.8 cm³/mol. The largest absolute Gasteiger partial charge is 0.370 e. The second-order valence-corrected chi connectivity index (χ2v) is 5.02. The van der Waals surface area contributed by atoms with Crippen molar-refractivity contribution in [3.8, 4) is 0 Å². The van der Waals surface area contributed by atoms with Gasteiger partial charge < -0.3 is 15.6 Å². The molecule has 0 aliphatic heterocycles. The Hall–Kier alpha value is -2.04. The summed E-state index contributed by atoms with van der Waals surface area (Å²) in [5.74, 6) is 1.52. The van der Waals surface area contributed by atoms with E-state index in [2.05, 4.69) is 39.8 Å². The van der Waals surface area contributed by atoms with Gasteiger partial charge in [0.25, 0.3) is 0 Å². The summed E-state index contributed by atoms with van der Waals surface area (Å²) in [4.78, 5) is 8.91. The summed E-state index contributed by atoms with van der Waals surface area (Å²) in [5.41, 5.74) is 8.03. The van der Waals surface area contributed by atoms with Gasteiger partial charge in [0.15, 0.2) is 5.96 Å². The molecule has 1 aromatic heterocycles. The van der Waals surface area contributed by atoms with E-state index >= 15 is 0 Å². The molecule has 108 valence electrons. The molecule has 1 aromatic carbocycles. The highest BCUT2D eigenvalue weighted by molar-refractivity contribution is 5.78. The number of nitrogens with zero attached hydrogens (tertiary/aromatic N) is 3. The van der Waals surface area contributed by atoms with Gasteiger partial charge in [0.05, 0.1) is 17.6 Å². The van der Waals surface area contributed by atoms with E-state index in [1.807, 2.05) is 25.1 Å². The van der Waals surface area contributed by atoms with Crippen LogP contribution in [0.1, 0.15) is 26.1 Å². The molecule has 0 amide bonds. The Bertz CT molecular complexity index is 599. The van der Waals surface area contributed by atoms with E-state index in [4.69, 9.17) is 5.73 Å². The molecule has 3 N–H and O–H groups in total. The first-order valence-electron chi connectivity index (χ1n) is 7.10. The number of rotatable bonds is 5. The number of imidazole rings is 1. The second kappa shape index (κ2) is 6.41. The maximum Gasteiger partial charge on any atom is 0.188 e. The van der Waals surface area contributed by atoms with Crippen LogP contribution >= 0.6 is 0 Å². The van der Waals surface area contributed by atoms with Crippen LogP contribution in [0.3, 0.4) is 0 Å². The second-order valence-electron chi connectivity index (χ2n) is 5.02. The molecule has 0 aliphatic rings. The summed E-state index contributed by atoms with van der Waals surface area (Å²) in [6, 6.07) is 8.50. The van der Waals surface area contributed by atoms with Crippen LogP contribution < -0.4 is 11.1 Å². The molecule has 0 fully saturated rings. The number of hydrogen-bond donors (Lipinski definition) is 2. The monoisotopic (exact) mass is 273 g/mol. The van der Waals surface area contributed by atoms with Crippen molar-refractivity contribution < 1.29 is 0 Å². The summed E-state index contributed by atoms with van der Waals surface area (Å²) >= 11 is 0. The van der Waals surface area contributed by atoms with Crippen LogP contribution in [-0.4, -0.2) is 28.1 Å². The Kier molecular flexibility index (Phi) is 4.61. The summed E-state index contributed by atoms with van der Waals surface area (Å²) in [6.07, 6.45) is 1.03. The summed E-state index contributed by atoms with van der Waals surface area (Å²) in [6.45, 7) is 7.66. The van der Waals surface area contributed by atoms with Crippen LogP contribution in [0, 0.1) is 6.92 Å². The maximum absolute atomic E-state index is 5.85. The first-order chi connectivity index (χ1) is 9.61. The third kappa shape index (κ3) is 3.29. The molecule has 0 saturated heterocycles. The summed E-state index contributed by atoms with van der Waals surface area (Å²) in [5, 5.41) is 3.16. The Morgan fingerprint density at radius 1 is 1.45 bits per heavy atom. The highest BCUT2D eigenvalue weighted by Crippen LogP contribution is 2.14. The lowest BCUT2D eigenvalue weighted by Gasteiger charge is -2.12. The van der Waals surface area contributed by atoms with Crippen molar-refractivity contribution in [3.05, 3.63) is 30.1 Å². The molecule has 0 radical (unpaired) electrons. The quantitative estimate of drug-likeness (QED) is 0.647. The Labute approximate surface area is 119 Å². The van der Waals surface area contributed by atoms with Crippen LogP contribution in [0.5, 0.6) is 0 Å². The number of aryl methyl sites for hydroxylation is 1. The van der Waals surface area contributed by atoms with Crippen molar-refractivity contribution in [1.82, 2.24) is 14.9 Å². The minimum Gasteiger partial charge on any atom is -0.370 e.